The fraction of sp³-hybridized carbons (Fsp3) is 0.364. The molecule has 2 aromatic carbocycles. The monoisotopic (exact) mass is 493 g/mol. The van der Waals surface area contributed by atoms with Crippen molar-refractivity contribution in [3.63, 3.8) is 0 Å². The maximum absolute atomic E-state index is 2.62. The zero-order valence-corrected chi connectivity index (χ0v) is 22.7. The topological polar surface area (TPSA) is 7.12 Å². The molecule has 0 bridgehead atoms. The average molecular weight is 494 g/mol. The van der Waals surface area contributed by atoms with Gasteiger partial charge in [0.1, 0.15) is 11.7 Å². The minimum Gasteiger partial charge on any atom is -0.371 e. The van der Waals surface area contributed by atoms with E-state index >= 15 is 0 Å². The number of nitrogens with zero attached hydrogens (tertiary/aromatic N) is 2. The van der Waals surface area contributed by atoms with Crippen molar-refractivity contribution in [2.24, 2.45) is 12.5 Å². The van der Waals surface area contributed by atoms with Crippen LogP contribution < -0.4 is 9.47 Å². The summed E-state index contributed by atoms with van der Waals surface area (Å²) in [5.74, 6) is 0. The van der Waals surface area contributed by atoms with Gasteiger partial charge in [-0.05, 0) is 90.0 Å². The number of rotatable bonds is 4. The normalized spacial score (nSPS) is 20.5. The molecule has 36 heavy (non-hydrogen) atoms. The van der Waals surface area contributed by atoms with Crippen LogP contribution in [0.15, 0.2) is 71.8 Å². The number of aromatic nitrogens is 1. The summed E-state index contributed by atoms with van der Waals surface area (Å²) in [7, 11) is 2.18. The molecule has 184 valence electrons. The fourth-order valence-electron chi connectivity index (χ4n) is 6.39. The van der Waals surface area contributed by atoms with Crippen molar-refractivity contribution in [2.45, 2.75) is 52.4 Å². The van der Waals surface area contributed by atoms with E-state index in [4.69, 9.17) is 0 Å². The van der Waals surface area contributed by atoms with E-state index in [9.17, 15) is 0 Å². The number of benzene rings is 2. The summed E-state index contributed by atoms with van der Waals surface area (Å²) < 4.78 is 3.67. The summed E-state index contributed by atoms with van der Waals surface area (Å²) in [5.41, 5.74) is 10.5. The van der Waals surface area contributed by atoms with Crippen LogP contribution in [-0.2, 0) is 19.9 Å². The molecule has 2 aliphatic heterocycles. The Hall–Kier alpha value is -2.91. The molecule has 0 fully saturated rings. The second-order valence-corrected chi connectivity index (χ2v) is 12.6. The van der Waals surface area contributed by atoms with Crippen LogP contribution in [0.3, 0.4) is 0 Å². The van der Waals surface area contributed by atoms with Crippen LogP contribution in [0, 0.1) is 5.41 Å². The van der Waals surface area contributed by atoms with Gasteiger partial charge in [0, 0.05) is 30.9 Å². The third-order valence-electron chi connectivity index (χ3n) is 7.88. The third-order valence-corrected chi connectivity index (χ3v) is 9.05. The summed E-state index contributed by atoms with van der Waals surface area (Å²) in [6.07, 6.45) is 21.2. The maximum Gasteiger partial charge on any atom is 0.262 e. The molecule has 0 amide bonds. The molecule has 1 aliphatic carbocycles. The Kier molecular flexibility index (Phi) is 6.21. The number of allylic oxidation sites excluding steroid dienone is 6. The van der Waals surface area contributed by atoms with Crippen LogP contribution in [0.2, 0.25) is 0 Å². The molecule has 6 rings (SSSR count). The first-order valence-corrected chi connectivity index (χ1v) is 14.3. The Morgan fingerprint density at radius 1 is 0.944 bits per heavy atom. The number of hydrogen-bond acceptors (Lipinski definition) is 2. The molecule has 3 heteroatoms. The highest BCUT2D eigenvalue weighted by Crippen LogP contribution is 2.40. The van der Waals surface area contributed by atoms with Crippen molar-refractivity contribution in [1.82, 2.24) is 0 Å². The van der Waals surface area contributed by atoms with E-state index in [0.29, 0.717) is 0 Å². The molecule has 0 atom stereocenters. The Balaban J connectivity index is 1.23. The van der Waals surface area contributed by atoms with Gasteiger partial charge in [0.05, 0.1) is 0 Å². The Morgan fingerprint density at radius 2 is 1.67 bits per heavy atom. The lowest BCUT2D eigenvalue weighted by Crippen LogP contribution is -2.34. The third kappa shape index (κ3) is 4.74. The lowest BCUT2D eigenvalue weighted by molar-refractivity contribution is -0.642. The highest BCUT2D eigenvalue weighted by Gasteiger charge is 2.26. The quantitative estimate of drug-likeness (QED) is 0.265. The number of thiazole rings is 1. The number of para-hydroxylation sites is 1. The van der Waals surface area contributed by atoms with Crippen molar-refractivity contribution >= 4 is 39.4 Å². The maximum atomic E-state index is 2.62. The zero-order valence-electron chi connectivity index (χ0n) is 21.9. The fourth-order valence-corrected chi connectivity index (χ4v) is 7.51. The predicted octanol–water partition coefficient (Wildman–Crippen LogP) is 7.82. The molecule has 0 unspecified atom stereocenters. The van der Waals surface area contributed by atoms with Crippen molar-refractivity contribution in [3.8, 4) is 0 Å². The summed E-state index contributed by atoms with van der Waals surface area (Å²) in [4.78, 5) is 2.62. The smallest absolute Gasteiger partial charge is 0.262 e. The highest BCUT2D eigenvalue weighted by molar-refractivity contribution is 7.18. The minimum atomic E-state index is 0.270. The van der Waals surface area contributed by atoms with E-state index in [-0.39, 0.29) is 5.41 Å². The molecular formula is C33H37N2S+. The van der Waals surface area contributed by atoms with Crippen LogP contribution in [0.1, 0.15) is 61.2 Å². The molecule has 0 saturated heterocycles. The van der Waals surface area contributed by atoms with Gasteiger partial charge in [0.25, 0.3) is 5.01 Å². The van der Waals surface area contributed by atoms with Gasteiger partial charge in [-0.25, -0.2) is 0 Å². The first-order valence-electron chi connectivity index (χ1n) is 13.5. The first kappa shape index (κ1) is 23.5. The summed E-state index contributed by atoms with van der Waals surface area (Å²) in [6.45, 7) is 7.26. The van der Waals surface area contributed by atoms with E-state index in [1.165, 1.54) is 70.7 Å². The largest absolute Gasteiger partial charge is 0.371 e. The van der Waals surface area contributed by atoms with Crippen LogP contribution in [0.4, 0.5) is 5.69 Å². The molecule has 0 radical (unpaired) electrons. The van der Waals surface area contributed by atoms with Crippen LogP contribution >= 0.6 is 11.3 Å². The van der Waals surface area contributed by atoms with Gasteiger partial charge in [-0.3, -0.25) is 0 Å². The number of fused-ring (bicyclic) bond motifs is 1. The molecule has 0 saturated carbocycles. The number of aryl methyl sites for hydroxylation is 3. The van der Waals surface area contributed by atoms with E-state index in [1.807, 2.05) is 11.3 Å². The van der Waals surface area contributed by atoms with Gasteiger partial charge in [-0.1, -0.05) is 67.7 Å². The Labute approximate surface area is 220 Å². The molecule has 3 heterocycles. The average Bonchev–Trinajstić information content (AvgIpc) is 3.16. The van der Waals surface area contributed by atoms with Gasteiger partial charge in [0.2, 0.25) is 5.52 Å². The minimum absolute atomic E-state index is 0.270. The van der Waals surface area contributed by atoms with Gasteiger partial charge in [0.15, 0.2) is 0 Å². The van der Waals surface area contributed by atoms with Crippen LogP contribution in [0.5, 0.6) is 0 Å². The summed E-state index contributed by atoms with van der Waals surface area (Å²) in [6, 6.07) is 13.5. The van der Waals surface area contributed by atoms with Gasteiger partial charge in [-0.15, -0.1) is 0 Å². The second-order valence-electron chi connectivity index (χ2n) is 11.5. The van der Waals surface area contributed by atoms with E-state index in [0.717, 1.165) is 12.8 Å². The SMILES string of the molecule is C[n+]1c(/C=C2C=C(/C=C/C=C/c3cc4c5c(c3)CCCN5CCC4)CC(C)(C)C/2)sc2ccccc21. The van der Waals surface area contributed by atoms with Crippen LogP contribution in [0.25, 0.3) is 22.4 Å². The lowest BCUT2D eigenvalue weighted by atomic mass is 9.75. The van der Waals surface area contributed by atoms with Crippen molar-refractivity contribution in [1.29, 1.82) is 0 Å². The summed E-state index contributed by atoms with van der Waals surface area (Å²) in [5, 5.41) is 1.32. The Morgan fingerprint density at radius 3 is 2.42 bits per heavy atom. The molecule has 2 nitrogen and oxygen atoms in total. The first-order chi connectivity index (χ1) is 17.4. The highest BCUT2D eigenvalue weighted by atomic mass is 32.1. The number of hydrogen-bond donors (Lipinski definition) is 0. The van der Waals surface area contributed by atoms with E-state index < -0.39 is 0 Å². The Bertz CT molecular complexity index is 1400. The van der Waals surface area contributed by atoms with Gasteiger partial charge < -0.3 is 4.90 Å². The second kappa shape index (κ2) is 9.52. The molecule has 0 spiro atoms. The summed E-state index contributed by atoms with van der Waals surface area (Å²) >= 11 is 1.88. The molecule has 3 aromatic rings. The standard InChI is InChI=1S/C33H37N2S/c1-33(2)22-25(18-26(23-33)21-31-34(3)29-14-6-7-15-30(29)36-31)11-5-4-10-24-19-27-12-8-16-35-17-9-13-28(20-24)32(27)35/h4-7,10-11,14-15,18-21H,8-9,12-13,16-17,22-23H2,1-3H3/q+1. The van der Waals surface area contributed by atoms with Gasteiger partial charge >= 0.3 is 0 Å². The number of anilines is 1. The predicted molar refractivity (Wildman–Crippen MR) is 156 cm³/mol. The lowest BCUT2D eigenvalue weighted by Gasteiger charge is -2.37. The molecule has 3 aliphatic rings. The van der Waals surface area contributed by atoms with E-state index in [1.54, 1.807) is 16.8 Å². The van der Waals surface area contributed by atoms with Gasteiger partial charge in [-0.2, -0.15) is 4.57 Å². The van der Waals surface area contributed by atoms with Crippen molar-refractivity contribution in [2.75, 3.05) is 18.0 Å². The zero-order chi connectivity index (χ0) is 24.7. The molecule has 1 aromatic heterocycles. The van der Waals surface area contributed by atoms with Crippen molar-refractivity contribution < 1.29 is 4.57 Å². The van der Waals surface area contributed by atoms with Crippen LogP contribution in [-0.4, -0.2) is 13.1 Å². The van der Waals surface area contributed by atoms with Crippen molar-refractivity contribution in [3.05, 3.63) is 93.5 Å². The molecular weight excluding hydrogens is 456 g/mol. The molecule has 0 N–H and O–H groups in total. The van der Waals surface area contributed by atoms with E-state index in [2.05, 4.69) is 103 Å².